The molecule has 0 aliphatic rings. The number of amides is 1. The zero-order valence-electron chi connectivity index (χ0n) is 12.8. The highest BCUT2D eigenvalue weighted by Crippen LogP contribution is 2.31. The summed E-state index contributed by atoms with van der Waals surface area (Å²) in [6.07, 6.45) is -0.639. The summed E-state index contributed by atoms with van der Waals surface area (Å²) < 4.78 is 10.8. The van der Waals surface area contributed by atoms with Crippen LogP contribution in [0.25, 0.3) is 0 Å². The summed E-state index contributed by atoms with van der Waals surface area (Å²) in [6.45, 7) is 5.30. The molecule has 116 valence electrons. The van der Waals surface area contributed by atoms with Gasteiger partial charge in [0, 0.05) is 6.07 Å². The Hall–Kier alpha value is -2.69. The quantitative estimate of drug-likeness (QED) is 0.817. The third kappa shape index (κ3) is 4.70. The summed E-state index contributed by atoms with van der Waals surface area (Å²) >= 11 is 0. The monoisotopic (exact) mass is 301 g/mol. The molecule has 1 amide bonds. The van der Waals surface area contributed by atoms with E-state index in [-0.39, 0.29) is 11.4 Å². The summed E-state index contributed by atoms with van der Waals surface area (Å²) in [5.74, 6) is 1.10. The molecule has 0 aromatic heterocycles. The average Bonchev–Trinajstić information content (AvgIpc) is 2.41. The molecule has 0 saturated carbocycles. The molecule has 0 unspecified atom stereocenters. The van der Waals surface area contributed by atoms with Gasteiger partial charge in [0.25, 0.3) is 0 Å². The van der Waals surface area contributed by atoms with E-state index in [4.69, 9.17) is 9.47 Å². The van der Waals surface area contributed by atoms with Crippen LogP contribution >= 0.6 is 0 Å². The normalized spacial score (nSPS) is 10.9. The van der Waals surface area contributed by atoms with Crippen molar-refractivity contribution < 1.29 is 19.4 Å². The minimum Gasteiger partial charge on any atom is -0.506 e. The van der Waals surface area contributed by atoms with E-state index < -0.39 is 11.7 Å². The number of benzene rings is 2. The van der Waals surface area contributed by atoms with Gasteiger partial charge in [-0.25, -0.2) is 4.79 Å². The molecule has 0 heterocycles. The molecule has 0 atom stereocenters. The van der Waals surface area contributed by atoms with E-state index in [1.54, 1.807) is 26.8 Å². The molecule has 22 heavy (non-hydrogen) atoms. The number of carbonyl (C=O) groups excluding carboxylic acids is 1. The van der Waals surface area contributed by atoms with Crippen molar-refractivity contribution in [3.8, 4) is 17.2 Å². The molecule has 2 aromatic carbocycles. The Balaban J connectivity index is 2.12. The van der Waals surface area contributed by atoms with Gasteiger partial charge in [0.05, 0.1) is 5.69 Å². The lowest BCUT2D eigenvalue weighted by molar-refractivity contribution is 0.0635. The number of phenolic OH excluding ortho intramolecular Hbond substituents is 1. The van der Waals surface area contributed by atoms with Crippen LogP contribution in [0.1, 0.15) is 20.8 Å². The Morgan fingerprint density at radius 3 is 2.36 bits per heavy atom. The lowest BCUT2D eigenvalue weighted by atomic mass is 10.2. The van der Waals surface area contributed by atoms with Gasteiger partial charge in [-0.2, -0.15) is 0 Å². The maximum atomic E-state index is 11.8. The van der Waals surface area contributed by atoms with Crippen molar-refractivity contribution in [2.45, 2.75) is 26.4 Å². The number of rotatable bonds is 3. The van der Waals surface area contributed by atoms with Crippen molar-refractivity contribution in [2.75, 3.05) is 5.32 Å². The second-order valence-corrected chi connectivity index (χ2v) is 5.72. The van der Waals surface area contributed by atoms with Gasteiger partial charge in [-0.1, -0.05) is 18.2 Å². The molecule has 5 nitrogen and oxygen atoms in total. The number of nitrogens with one attached hydrogen (secondary N) is 1. The number of anilines is 1. The first kappa shape index (κ1) is 15.7. The molecule has 0 radical (unpaired) electrons. The molecule has 0 bridgehead atoms. The van der Waals surface area contributed by atoms with Gasteiger partial charge in [-0.15, -0.1) is 0 Å². The van der Waals surface area contributed by atoms with E-state index in [0.717, 1.165) is 0 Å². The predicted octanol–water partition coefficient (Wildman–Crippen LogP) is 4.53. The maximum Gasteiger partial charge on any atom is 0.412 e. The zero-order chi connectivity index (χ0) is 16.2. The first-order chi connectivity index (χ1) is 10.3. The molecule has 0 saturated heterocycles. The molecule has 0 aliphatic carbocycles. The topological polar surface area (TPSA) is 67.8 Å². The van der Waals surface area contributed by atoms with Gasteiger partial charge in [-0.05, 0) is 45.0 Å². The van der Waals surface area contributed by atoms with Crippen molar-refractivity contribution in [3.63, 3.8) is 0 Å². The molecule has 0 aliphatic heterocycles. The Kier molecular flexibility index (Phi) is 4.56. The Morgan fingerprint density at radius 2 is 1.73 bits per heavy atom. The smallest absolute Gasteiger partial charge is 0.412 e. The summed E-state index contributed by atoms with van der Waals surface area (Å²) in [4.78, 5) is 11.8. The van der Waals surface area contributed by atoms with Crippen molar-refractivity contribution in [1.29, 1.82) is 0 Å². The Morgan fingerprint density at radius 1 is 1.05 bits per heavy atom. The van der Waals surface area contributed by atoms with Crippen LogP contribution in [0.3, 0.4) is 0 Å². The molecule has 2 aromatic rings. The number of phenols is 1. The van der Waals surface area contributed by atoms with Crippen molar-refractivity contribution in [2.24, 2.45) is 0 Å². The first-order valence-electron chi connectivity index (χ1n) is 6.89. The van der Waals surface area contributed by atoms with Gasteiger partial charge in [0.2, 0.25) is 0 Å². The van der Waals surface area contributed by atoms with Gasteiger partial charge < -0.3 is 14.6 Å². The minimum absolute atomic E-state index is 0.0636. The van der Waals surface area contributed by atoms with E-state index in [9.17, 15) is 9.90 Å². The lowest BCUT2D eigenvalue weighted by Gasteiger charge is -2.20. The van der Waals surface area contributed by atoms with Crippen LogP contribution in [0.5, 0.6) is 17.2 Å². The van der Waals surface area contributed by atoms with Crippen molar-refractivity contribution in [1.82, 2.24) is 0 Å². The van der Waals surface area contributed by atoms with Crippen LogP contribution in [-0.2, 0) is 4.74 Å². The van der Waals surface area contributed by atoms with Crippen LogP contribution in [0, 0.1) is 0 Å². The molecular formula is C17H19NO4. The number of aromatic hydroxyl groups is 1. The van der Waals surface area contributed by atoms with E-state index in [2.05, 4.69) is 5.32 Å². The molecule has 2 N–H and O–H groups in total. The summed E-state index contributed by atoms with van der Waals surface area (Å²) in [6, 6.07) is 13.8. The van der Waals surface area contributed by atoms with E-state index in [1.807, 2.05) is 30.3 Å². The summed E-state index contributed by atoms with van der Waals surface area (Å²) in [7, 11) is 0. The maximum absolute atomic E-state index is 11.8. The highest BCUT2D eigenvalue weighted by Gasteiger charge is 2.17. The van der Waals surface area contributed by atoms with Crippen molar-refractivity contribution >= 4 is 11.8 Å². The lowest BCUT2D eigenvalue weighted by Crippen LogP contribution is -2.27. The molecule has 5 heteroatoms. The number of hydrogen-bond acceptors (Lipinski definition) is 4. The van der Waals surface area contributed by atoms with E-state index >= 15 is 0 Å². The molecule has 0 spiro atoms. The average molecular weight is 301 g/mol. The third-order valence-corrected chi connectivity index (χ3v) is 2.58. The summed E-state index contributed by atoms with van der Waals surface area (Å²) in [5, 5.41) is 12.3. The Bertz CT molecular complexity index is 647. The zero-order valence-corrected chi connectivity index (χ0v) is 12.8. The largest absolute Gasteiger partial charge is 0.506 e. The molecule has 0 fully saturated rings. The van der Waals surface area contributed by atoms with Gasteiger partial charge >= 0.3 is 6.09 Å². The van der Waals surface area contributed by atoms with Crippen LogP contribution in [0.4, 0.5) is 10.5 Å². The molecular weight excluding hydrogens is 282 g/mol. The van der Waals surface area contributed by atoms with E-state index in [1.165, 1.54) is 12.1 Å². The second kappa shape index (κ2) is 6.39. The number of carbonyl (C=O) groups is 1. The van der Waals surface area contributed by atoms with Crippen LogP contribution < -0.4 is 10.1 Å². The fourth-order valence-electron chi connectivity index (χ4n) is 1.72. The van der Waals surface area contributed by atoms with E-state index in [0.29, 0.717) is 11.5 Å². The highest BCUT2D eigenvalue weighted by molar-refractivity contribution is 5.87. The van der Waals surface area contributed by atoms with Gasteiger partial charge in [0.15, 0.2) is 0 Å². The first-order valence-corrected chi connectivity index (χ1v) is 6.89. The van der Waals surface area contributed by atoms with Crippen LogP contribution in [0.2, 0.25) is 0 Å². The SMILES string of the molecule is CC(C)(C)OC(=O)Nc1cc(Oc2ccccc2)ccc1O. The summed E-state index contributed by atoms with van der Waals surface area (Å²) in [5.41, 5.74) is -0.389. The second-order valence-electron chi connectivity index (χ2n) is 5.72. The standard InChI is InChI=1S/C17H19NO4/c1-17(2,3)22-16(20)18-14-11-13(9-10-15(14)19)21-12-7-5-4-6-8-12/h4-11,19H,1-3H3,(H,18,20). The number of ether oxygens (including phenoxy) is 2. The van der Waals surface area contributed by atoms with Gasteiger partial charge in [-0.3, -0.25) is 5.32 Å². The van der Waals surface area contributed by atoms with Gasteiger partial charge in [0.1, 0.15) is 22.8 Å². The number of para-hydroxylation sites is 1. The Labute approximate surface area is 129 Å². The predicted molar refractivity (Wildman–Crippen MR) is 84.5 cm³/mol. The fraction of sp³-hybridized carbons (Fsp3) is 0.235. The fourth-order valence-corrected chi connectivity index (χ4v) is 1.72. The molecule has 2 rings (SSSR count). The van der Waals surface area contributed by atoms with Crippen LogP contribution in [0.15, 0.2) is 48.5 Å². The number of hydrogen-bond donors (Lipinski definition) is 2. The minimum atomic E-state index is -0.639. The third-order valence-electron chi connectivity index (χ3n) is 2.58. The van der Waals surface area contributed by atoms with Crippen molar-refractivity contribution in [3.05, 3.63) is 48.5 Å². The highest BCUT2D eigenvalue weighted by atomic mass is 16.6. The van der Waals surface area contributed by atoms with Crippen LogP contribution in [-0.4, -0.2) is 16.8 Å².